The summed E-state index contributed by atoms with van der Waals surface area (Å²) in [5.74, 6) is 0. The molecule has 2 unspecified atom stereocenters. The largest absolute Gasteiger partial charge is 0.414 e. The quantitative estimate of drug-likeness (QED) is 0.824. The van der Waals surface area contributed by atoms with Crippen LogP contribution in [0, 0.1) is 6.42 Å². The maximum absolute atomic E-state index is 11.9. The van der Waals surface area contributed by atoms with Gasteiger partial charge in [0.15, 0.2) is 6.10 Å². The Morgan fingerprint density at radius 1 is 1.36 bits per heavy atom. The Bertz CT molecular complexity index is 271. The predicted octanol–water partition coefficient (Wildman–Crippen LogP) is 1.91. The van der Waals surface area contributed by atoms with Crippen LogP contribution in [-0.2, 0) is 0 Å². The molecule has 0 saturated carbocycles. The van der Waals surface area contributed by atoms with Crippen LogP contribution in [0.2, 0.25) is 0 Å². The van der Waals surface area contributed by atoms with Crippen molar-refractivity contribution in [2.45, 2.75) is 18.4 Å². The Kier molecular flexibility index (Phi) is 3.52. The lowest BCUT2D eigenvalue weighted by Crippen LogP contribution is -2.30. The summed E-state index contributed by atoms with van der Waals surface area (Å²) >= 11 is 1.12. The lowest BCUT2D eigenvalue weighted by molar-refractivity contribution is -0.196. The molecule has 0 aliphatic carbocycles. The van der Waals surface area contributed by atoms with E-state index in [1.165, 1.54) is 6.07 Å². The molecule has 0 spiro atoms. The van der Waals surface area contributed by atoms with Crippen molar-refractivity contribution in [1.29, 1.82) is 0 Å². The van der Waals surface area contributed by atoms with Gasteiger partial charge in [0, 0.05) is 11.3 Å². The third-order valence-corrected chi connectivity index (χ3v) is 2.48. The molecule has 2 atom stereocenters. The molecule has 1 rings (SSSR count). The van der Waals surface area contributed by atoms with Crippen LogP contribution in [0.3, 0.4) is 0 Å². The van der Waals surface area contributed by atoms with E-state index in [0.717, 1.165) is 11.3 Å². The first-order valence-corrected chi connectivity index (χ1v) is 4.60. The number of hydrogen-bond acceptors (Lipinski definition) is 3. The van der Waals surface area contributed by atoms with E-state index in [1.807, 2.05) is 0 Å². The smallest absolute Gasteiger partial charge is 0.387 e. The Morgan fingerprint density at radius 3 is 2.43 bits per heavy atom. The second kappa shape index (κ2) is 4.29. The van der Waals surface area contributed by atoms with Gasteiger partial charge in [-0.2, -0.15) is 13.2 Å². The number of hydrogen-bond donors (Lipinski definition) is 2. The molecule has 0 fully saturated rings. The molecule has 0 aromatic carbocycles. The fourth-order valence-electron chi connectivity index (χ4n) is 0.836. The van der Waals surface area contributed by atoms with E-state index in [2.05, 4.69) is 0 Å². The number of aliphatic hydroxyl groups excluding tert-OH is 2. The summed E-state index contributed by atoms with van der Waals surface area (Å²) in [6.07, 6.45) is -8.25. The van der Waals surface area contributed by atoms with Crippen LogP contribution >= 0.6 is 11.3 Å². The van der Waals surface area contributed by atoms with Gasteiger partial charge in [-0.25, -0.2) is 0 Å². The topological polar surface area (TPSA) is 40.5 Å². The standard InChI is InChI=1S/C8H8F3O2S/c9-8(10,11)7(13)4-5(12)6-2-1-3-14-6/h1-5,7,12-13H. The molecule has 1 aromatic heterocycles. The molecule has 14 heavy (non-hydrogen) atoms. The molecule has 0 aliphatic rings. The molecule has 1 aromatic rings. The predicted molar refractivity (Wildman–Crippen MR) is 45.6 cm³/mol. The van der Waals surface area contributed by atoms with Crippen molar-refractivity contribution < 1.29 is 23.4 Å². The number of rotatable bonds is 3. The van der Waals surface area contributed by atoms with Gasteiger partial charge in [-0.15, -0.1) is 11.3 Å². The van der Waals surface area contributed by atoms with Gasteiger partial charge in [0.25, 0.3) is 0 Å². The van der Waals surface area contributed by atoms with Gasteiger partial charge in [-0.1, -0.05) is 6.07 Å². The minimum absolute atomic E-state index is 0.369. The van der Waals surface area contributed by atoms with E-state index in [4.69, 9.17) is 5.11 Å². The van der Waals surface area contributed by atoms with Crippen molar-refractivity contribution in [3.05, 3.63) is 28.8 Å². The molecule has 6 heteroatoms. The molecule has 0 aliphatic heterocycles. The molecule has 0 saturated heterocycles. The molecular weight excluding hydrogens is 217 g/mol. The van der Waals surface area contributed by atoms with Crippen LogP contribution in [-0.4, -0.2) is 22.5 Å². The second-order valence-electron chi connectivity index (χ2n) is 2.64. The first kappa shape index (κ1) is 11.5. The van der Waals surface area contributed by atoms with Gasteiger partial charge in [0.2, 0.25) is 0 Å². The van der Waals surface area contributed by atoms with Gasteiger partial charge < -0.3 is 10.2 Å². The second-order valence-corrected chi connectivity index (χ2v) is 3.62. The Labute approximate surface area is 82.6 Å². The Balaban J connectivity index is 2.53. The monoisotopic (exact) mass is 225 g/mol. The normalized spacial score (nSPS) is 16.6. The average Bonchev–Trinajstić information content (AvgIpc) is 2.53. The van der Waals surface area contributed by atoms with Crippen LogP contribution in [0.25, 0.3) is 0 Å². The van der Waals surface area contributed by atoms with Gasteiger partial charge >= 0.3 is 6.18 Å². The first-order valence-electron chi connectivity index (χ1n) is 3.72. The first-order chi connectivity index (χ1) is 6.41. The highest BCUT2D eigenvalue weighted by molar-refractivity contribution is 7.10. The molecule has 0 bridgehead atoms. The van der Waals surface area contributed by atoms with E-state index in [0.29, 0.717) is 11.3 Å². The highest BCUT2D eigenvalue weighted by Gasteiger charge is 2.39. The summed E-state index contributed by atoms with van der Waals surface area (Å²) < 4.78 is 35.6. The number of thiophene rings is 1. The molecule has 0 amide bonds. The number of aliphatic hydroxyl groups is 2. The van der Waals surface area contributed by atoms with Crippen molar-refractivity contribution in [2.75, 3.05) is 0 Å². The Morgan fingerprint density at radius 2 is 2.00 bits per heavy atom. The SMILES string of the molecule is OC([CH]C(O)C(F)(F)F)c1cccs1. The lowest BCUT2D eigenvalue weighted by Gasteiger charge is -2.16. The van der Waals surface area contributed by atoms with E-state index in [1.54, 1.807) is 11.4 Å². The summed E-state index contributed by atoms with van der Waals surface area (Å²) in [7, 11) is 0. The van der Waals surface area contributed by atoms with Crippen molar-refractivity contribution in [1.82, 2.24) is 0 Å². The van der Waals surface area contributed by atoms with Crippen molar-refractivity contribution in [3.8, 4) is 0 Å². The van der Waals surface area contributed by atoms with E-state index in [9.17, 15) is 18.3 Å². The molecule has 2 nitrogen and oxygen atoms in total. The zero-order valence-electron chi connectivity index (χ0n) is 6.90. The fourth-order valence-corrected chi connectivity index (χ4v) is 1.53. The summed E-state index contributed by atoms with van der Waals surface area (Å²) in [5, 5.41) is 19.5. The molecule has 2 N–H and O–H groups in total. The molecule has 79 valence electrons. The highest BCUT2D eigenvalue weighted by Crippen LogP contribution is 2.28. The summed E-state index contributed by atoms with van der Waals surface area (Å²) in [6, 6.07) is 3.10. The van der Waals surface area contributed by atoms with E-state index in [-0.39, 0.29) is 0 Å². The molecular formula is C8H8F3O2S. The minimum Gasteiger partial charge on any atom is -0.387 e. The third kappa shape index (κ3) is 2.97. The van der Waals surface area contributed by atoms with E-state index < -0.39 is 18.4 Å². The van der Waals surface area contributed by atoms with Crippen LogP contribution in [0.4, 0.5) is 13.2 Å². The summed E-state index contributed by atoms with van der Waals surface area (Å²) in [6.45, 7) is 0. The maximum atomic E-state index is 11.9. The molecule has 1 heterocycles. The number of halogens is 3. The zero-order valence-corrected chi connectivity index (χ0v) is 7.72. The zero-order chi connectivity index (χ0) is 10.8. The Hall–Kier alpha value is -0.590. The fraction of sp³-hybridized carbons (Fsp3) is 0.375. The average molecular weight is 225 g/mol. The van der Waals surface area contributed by atoms with Crippen LogP contribution in [0.1, 0.15) is 11.0 Å². The van der Waals surface area contributed by atoms with E-state index >= 15 is 0 Å². The highest BCUT2D eigenvalue weighted by atomic mass is 32.1. The van der Waals surface area contributed by atoms with Gasteiger partial charge in [0.05, 0.1) is 6.10 Å². The van der Waals surface area contributed by atoms with Gasteiger partial charge in [-0.05, 0) is 11.4 Å². The third-order valence-electron chi connectivity index (χ3n) is 1.53. The number of alkyl halides is 3. The van der Waals surface area contributed by atoms with Gasteiger partial charge in [-0.3, -0.25) is 0 Å². The van der Waals surface area contributed by atoms with Crippen molar-refractivity contribution in [3.63, 3.8) is 0 Å². The van der Waals surface area contributed by atoms with Crippen LogP contribution in [0.15, 0.2) is 17.5 Å². The summed E-state index contributed by atoms with van der Waals surface area (Å²) in [5.41, 5.74) is 0. The summed E-state index contributed by atoms with van der Waals surface area (Å²) in [4.78, 5) is 0.369. The van der Waals surface area contributed by atoms with Crippen LogP contribution < -0.4 is 0 Å². The van der Waals surface area contributed by atoms with Crippen molar-refractivity contribution in [2.24, 2.45) is 0 Å². The van der Waals surface area contributed by atoms with Gasteiger partial charge in [0.1, 0.15) is 0 Å². The minimum atomic E-state index is -4.72. The van der Waals surface area contributed by atoms with Crippen molar-refractivity contribution >= 4 is 11.3 Å². The van der Waals surface area contributed by atoms with Crippen LogP contribution in [0.5, 0.6) is 0 Å². The lowest BCUT2D eigenvalue weighted by atomic mass is 10.1. The molecule has 1 radical (unpaired) electrons. The maximum Gasteiger partial charge on any atom is 0.414 e.